The van der Waals surface area contributed by atoms with Crippen LogP contribution in [0.3, 0.4) is 0 Å². The van der Waals surface area contributed by atoms with Crippen LogP contribution in [-0.2, 0) is 0 Å². The first-order valence-electron chi connectivity index (χ1n) is 14.9. The SMILES string of the molecule is Cc1ccc(-n2c(=O)c3c4c(=O)n(-c5ccc(C)cc5)c(=O)n(-c5ccc(C)cc5)c4ccc3n(-c3ccc(C)cc3)c2=O)cc1. The molecule has 8 heteroatoms. The van der Waals surface area contributed by atoms with E-state index >= 15 is 0 Å². The number of benzene rings is 5. The van der Waals surface area contributed by atoms with Gasteiger partial charge < -0.3 is 0 Å². The maximum absolute atomic E-state index is 14.6. The van der Waals surface area contributed by atoms with Crippen LogP contribution >= 0.6 is 0 Å². The van der Waals surface area contributed by atoms with Crippen molar-refractivity contribution in [3.8, 4) is 22.7 Å². The predicted molar refractivity (Wildman–Crippen MR) is 183 cm³/mol. The lowest BCUT2D eigenvalue weighted by Crippen LogP contribution is -2.41. The average Bonchev–Trinajstić information content (AvgIpc) is 3.04. The molecule has 0 amide bonds. The van der Waals surface area contributed by atoms with Crippen molar-refractivity contribution >= 4 is 21.8 Å². The number of rotatable bonds is 4. The minimum Gasteiger partial charge on any atom is -0.268 e. The molecule has 8 nitrogen and oxygen atoms in total. The van der Waals surface area contributed by atoms with Crippen LogP contribution in [0, 0.1) is 27.7 Å². The molecule has 0 aliphatic carbocycles. The highest BCUT2D eigenvalue weighted by Gasteiger charge is 2.24. The second-order valence-electron chi connectivity index (χ2n) is 11.7. The monoisotopic (exact) mass is 606 g/mol. The molecule has 0 spiro atoms. The Kier molecular flexibility index (Phi) is 6.78. The fourth-order valence-corrected chi connectivity index (χ4v) is 5.92. The lowest BCUT2D eigenvalue weighted by Gasteiger charge is -2.19. The largest absolute Gasteiger partial charge is 0.340 e. The number of nitrogens with zero attached hydrogens (tertiary/aromatic N) is 4. The molecule has 0 saturated heterocycles. The molecule has 0 bridgehead atoms. The topological polar surface area (TPSA) is 88.0 Å². The number of hydrogen-bond donors (Lipinski definition) is 0. The predicted octanol–water partition coefficient (Wildman–Crippen LogP) is 5.83. The second kappa shape index (κ2) is 10.9. The molecular formula is C38H30N4O4. The summed E-state index contributed by atoms with van der Waals surface area (Å²) < 4.78 is 5.09. The van der Waals surface area contributed by atoms with E-state index in [4.69, 9.17) is 0 Å². The van der Waals surface area contributed by atoms with E-state index in [2.05, 4.69) is 0 Å². The summed E-state index contributed by atoms with van der Waals surface area (Å²) in [5.74, 6) is 0. The normalized spacial score (nSPS) is 11.4. The summed E-state index contributed by atoms with van der Waals surface area (Å²) >= 11 is 0. The van der Waals surface area contributed by atoms with Crippen LogP contribution in [0.2, 0.25) is 0 Å². The summed E-state index contributed by atoms with van der Waals surface area (Å²) in [5, 5.41) is 0.0648. The third kappa shape index (κ3) is 4.54. The number of aromatic nitrogens is 4. The van der Waals surface area contributed by atoms with E-state index in [0.717, 1.165) is 31.4 Å². The summed E-state index contributed by atoms with van der Waals surface area (Å²) in [6.45, 7) is 7.73. The van der Waals surface area contributed by atoms with E-state index in [0.29, 0.717) is 22.7 Å². The van der Waals surface area contributed by atoms with E-state index < -0.39 is 22.5 Å². The lowest BCUT2D eigenvalue weighted by atomic mass is 10.1. The minimum atomic E-state index is -0.653. The molecule has 0 saturated carbocycles. The van der Waals surface area contributed by atoms with Crippen LogP contribution in [0.1, 0.15) is 22.3 Å². The molecule has 0 fully saturated rings. The molecule has 226 valence electrons. The van der Waals surface area contributed by atoms with Crippen LogP contribution in [0.4, 0.5) is 0 Å². The van der Waals surface area contributed by atoms with Crippen molar-refractivity contribution in [2.24, 2.45) is 0 Å². The van der Waals surface area contributed by atoms with Gasteiger partial charge in [-0.3, -0.25) is 18.7 Å². The Labute approximate surface area is 263 Å². The first kappa shape index (κ1) is 28.7. The zero-order valence-electron chi connectivity index (χ0n) is 25.8. The summed E-state index contributed by atoms with van der Waals surface area (Å²) in [7, 11) is 0. The van der Waals surface area contributed by atoms with Crippen molar-refractivity contribution in [3.63, 3.8) is 0 Å². The second-order valence-corrected chi connectivity index (χ2v) is 11.7. The molecular weight excluding hydrogens is 576 g/mol. The number of hydrogen-bond acceptors (Lipinski definition) is 4. The molecule has 5 aromatic carbocycles. The van der Waals surface area contributed by atoms with Gasteiger partial charge in [0.15, 0.2) is 0 Å². The van der Waals surface area contributed by atoms with Gasteiger partial charge >= 0.3 is 11.4 Å². The number of fused-ring (bicyclic) bond motifs is 3. The van der Waals surface area contributed by atoms with Gasteiger partial charge in [0.25, 0.3) is 11.1 Å². The third-order valence-corrected chi connectivity index (χ3v) is 8.41. The summed E-state index contributed by atoms with van der Waals surface area (Å²) in [6.07, 6.45) is 0. The van der Waals surface area contributed by atoms with Gasteiger partial charge in [0.1, 0.15) is 0 Å². The molecule has 0 N–H and O–H groups in total. The molecule has 2 heterocycles. The highest BCUT2D eigenvalue weighted by Crippen LogP contribution is 2.24. The van der Waals surface area contributed by atoms with Gasteiger partial charge in [-0.1, -0.05) is 70.8 Å². The number of aryl methyl sites for hydroxylation is 4. The zero-order chi connectivity index (χ0) is 32.3. The standard InChI is InChI=1S/C38H30N4O4/c1-23-5-13-27(14-6-23)39-31-21-22-32-34(33(31)35(43)41(37(39)45)29-17-9-25(3)10-18-29)36(44)42(30-19-11-26(4)12-20-30)38(46)40(32)28-15-7-24(2)8-16-28/h5-22H,1-4H3. The molecule has 7 rings (SSSR count). The van der Waals surface area contributed by atoms with Gasteiger partial charge in [0, 0.05) is 0 Å². The Morgan fingerprint density at radius 1 is 0.326 bits per heavy atom. The van der Waals surface area contributed by atoms with Gasteiger partial charge in [0.2, 0.25) is 0 Å². The Morgan fingerprint density at radius 3 is 0.826 bits per heavy atom. The highest BCUT2D eigenvalue weighted by molar-refractivity contribution is 6.05. The third-order valence-electron chi connectivity index (χ3n) is 8.41. The van der Waals surface area contributed by atoms with Gasteiger partial charge in [-0.05, 0) is 88.4 Å². The molecule has 0 atom stereocenters. The van der Waals surface area contributed by atoms with Crippen LogP contribution in [0.15, 0.2) is 128 Å². The van der Waals surface area contributed by atoms with Crippen molar-refractivity contribution < 1.29 is 0 Å². The summed E-state index contributed by atoms with van der Waals surface area (Å²) in [5.41, 5.74) is 3.80. The van der Waals surface area contributed by atoms with Crippen molar-refractivity contribution in [2.75, 3.05) is 0 Å². The summed E-state index contributed by atoms with van der Waals surface area (Å²) in [6, 6.07) is 32.2. The molecule has 0 unspecified atom stereocenters. The molecule has 2 aromatic heterocycles. The molecule has 7 aromatic rings. The molecule has 0 radical (unpaired) electrons. The van der Waals surface area contributed by atoms with Crippen molar-refractivity contribution in [3.05, 3.63) is 173 Å². The first-order valence-corrected chi connectivity index (χ1v) is 14.9. The van der Waals surface area contributed by atoms with Gasteiger partial charge in [-0.2, -0.15) is 0 Å². The van der Waals surface area contributed by atoms with Crippen molar-refractivity contribution in [1.29, 1.82) is 0 Å². The minimum absolute atomic E-state index is 0.0324. The maximum atomic E-state index is 14.6. The van der Waals surface area contributed by atoms with Crippen LogP contribution in [-0.4, -0.2) is 18.3 Å². The Hall–Kier alpha value is -6.02. The highest BCUT2D eigenvalue weighted by atomic mass is 16.2. The van der Waals surface area contributed by atoms with Crippen LogP contribution in [0.25, 0.3) is 44.6 Å². The quantitative estimate of drug-likeness (QED) is 0.236. The van der Waals surface area contributed by atoms with Gasteiger partial charge in [-0.25, -0.2) is 18.7 Å². The maximum Gasteiger partial charge on any atom is 0.340 e. The average molecular weight is 607 g/mol. The lowest BCUT2D eigenvalue weighted by molar-refractivity contribution is 0.825. The van der Waals surface area contributed by atoms with E-state index in [-0.39, 0.29) is 21.8 Å². The van der Waals surface area contributed by atoms with Gasteiger partial charge in [-0.15, -0.1) is 0 Å². The van der Waals surface area contributed by atoms with Crippen LogP contribution in [0.5, 0.6) is 0 Å². The summed E-state index contributed by atoms with van der Waals surface area (Å²) in [4.78, 5) is 57.8. The fourth-order valence-electron chi connectivity index (χ4n) is 5.92. The van der Waals surface area contributed by atoms with E-state index in [1.807, 2.05) is 100 Å². The van der Waals surface area contributed by atoms with Crippen LogP contribution < -0.4 is 22.5 Å². The Bertz CT molecular complexity index is 2370. The first-order chi connectivity index (χ1) is 22.1. The molecule has 46 heavy (non-hydrogen) atoms. The van der Waals surface area contributed by atoms with Crippen molar-refractivity contribution in [2.45, 2.75) is 27.7 Å². The van der Waals surface area contributed by atoms with E-state index in [1.165, 1.54) is 9.13 Å². The Balaban J connectivity index is 1.75. The van der Waals surface area contributed by atoms with E-state index in [9.17, 15) is 19.2 Å². The molecule has 0 aliphatic heterocycles. The smallest absolute Gasteiger partial charge is 0.268 e. The van der Waals surface area contributed by atoms with Crippen molar-refractivity contribution in [1.82, 2.24) is 18.3 Å². The molecule has 0 aliphatic rings. The van der Waals surface area contributed by atoms with Gasteiger partial charge in [0.05, 0.1) is 44.6 Å². The van der Waals surface area contributed by atoms with E-state index in [1.54, 1.807) is 36.4 Å². The fraction of sp³-hybridized carbons (Fsp3) is 0.105. The zero-order valence-corrected chi connectivity index (χ0v) is 25.8. The Morgan fingerprint density at radius 2 is 0.565 bits per heavy atom.